The van der Waals surface area contributed by atoms with Gasteiger partial charge in [0, 0.05) is 28.9 Å². The Balaban J connectivity index is 0.000000355. The van der Waals surface area contributed by atoms with Gasteiger partial charge in [0.2, 0.25) is 0 Å². The Morgan fingerprint density at radius 2 is 1.25 bits per heavy atom. The molecule has 4 unspecified atom stereocenters. The highest BCUT2D eigenvalue weighted by Crippen LogP contribution is 2.54. The molecule has 1 aliphatic heterocycles. The van der Waals surface area contributed by atoms with Crippen molar-refractivity contribution < 1.29 is 31.0 Å². The molecule has 3 aliphatic rings. The second-order valence-corrected chi connectivity index (χ2v) is 12.6. The van der Waals surface area contributed by atoms with Gasteiger partial charge in [-0.2, -0.15) is 13.2 Å². The van der Waals surface area contributed by atoms with Gasteiger partial charge in [-0.25, -0.2) is 8.42 Å². The Morgan fingerprint density at radius 1 is 0.800 bits per heavy atom. The van der Waals surface area contributed by atoms with Gasteiger partial charge in [-0.1, -0.05) is 92.2 Å². The van der Waals surface area contributed by atoms with Gasteiger partial charge < -0.3 is 9.45 Å². The highest BCUT2D eigenvalue weighted by Gasteiger charge is 2.55. The van der Waals surface area contributed by atoms with E-state index in [1.165, 1.54) is 45.1 Å². The third-order valence-corrected chi connectivity index (χ3v) is 9.71. The molecule has 214 valence electrons. The predicted octanol–water partition coefficient (Wildman–Crippen LogP) is 6.13. The number of benzene rings is 3. The van der Waals surface area contributed by atoms with Crippen molar-refractivity contribution in [1.82, 2.24) is 0 Å². The summed E-state index contributed by atoms with van der Waals surface area (Å²) in [5.41, 5.74) is 2.46. The summed E-state index contributed by atoms with van der Waals surface area (Å²) in [6, 6.07) is 31.6. The zero-order valence-electron chi connectivity index (χ0n) is 22.6. The average Bonchev–Trinajstić information content (AvgIpc) is 2.94. The maximum atomic E-state index is 10.7. The minimum atomic E-state index is -6.09. The number of hydrogen-bond acceptors (Lipinski definition) is 3. The first kappa shape index (κ1) is 28.8. The second-order valence-electron chi connectivity index (χ2n) is 11.3. The van der Waals surface area contributed by atoms with Crippen molar-refractivity contribution in [1.29, 1.82) is 0 Å². The number of halogens is 3. The van der Waals surface area contributed by atoms with Crippen LogP contribution in [0, 0.1) is 11.8 Å². The summed E-state index contributed by atoms with van der Waals surface area (Å²) < 4.78 is 58.9. The Kier molecular flexibility index (Phi) is 8.41. The van der Waals surface area contributed by atoms with E-state index in [4.69, 9.17) is 13.0 Å². The van der Waals surface area contributed by atoms with Crippen molar-refractivity contribution in [3.63, 3.8) is 0 Å². The van der Waals surface area contributed by atoms with Crippen molar-refractivity contribution in [2.24, 2.45) is 11.8 Å². The molecule has 0 radical (unpaired) electrons. The summed E-state index contributed by atoms with van der Waals surface area (Å²) in [4.78, 5) is 1.87. The normalized spacial score (nSPS) is 27.2. The number of aryl methyl sites for hydroxylation is 2. The molecule has 4 atom stereocenters. The van der Waals surface area contributed by atoms with E-state index >= 15 is 0 Å². The molecule has 1 heterocycles. The summed E-state index contributed by atoms with van der Waals surface area (Å²) in [6.45, 7) is 3.65. The molecule has 4 nitrogen and oxygen atoms in total. The quantitative estimate of drug-likeness (QED) is 0.303. The van der Waals surface area contributed by atoms with Crippen LogP contribution in [0.3, 0.4) is 0 Å². The number of alkyl halides is 3. The van der Waals surface area contributed by atoms with Crippen LogP contribution in [0.5, 0.6) is 0 Å². The molecule has 3 aromatic rings. The molecule has 0 amide bonds. The van der Waals surface area contributed by atoms with Crippen molar-refractivity contribution >= 4 is 10.1 Å². The summed E-state index contributed by atoms with van der Waals surface area (Å²) in [7, 11) is -6.09. The summed E-state index contributed by atoms with van der Waals surface area (Å²) in [6.07, 6.45) is 7.76. The summed E-state index contributed by atoms with van der Waals surface area (Å²) >= 11 is 0. The van der Waals surface area contributed by atoms with Gasteiger partial charge in [0.15, 0.2) is 10.1 Å². The van der Waals surface area contributed by atoms with E-state index in [-0.39, 0.29) is 0 Å². The van der Waals surface area contributed by atoms with E-state index < -0.39 is 15.6 Å². The Bertz CT molecular complexity index is 1350. The number of fused-ring (bicyclic) bond motifs is 6. The van der Waals surface area contributed by atoms with Gasteiger partial charge in [-0.15, -0.1) is 0 Å². The maximum Gasteiger partial charge on any atom is 0.485 e. The lowest BCUT2D eigenvalue weighted by Gasteiger charge is -2.55. The fourth-order valence-electron chi connectivity index (χ4n) is 7.67. The molecule has 2 aliphatic carbocycles. The number of hydrogen-bond donors (Lipinski definition) is 1. The van der Waals surface area contributed by atoms with E-state index in [2.05, 4.69) is 85.8 Å². The lowest BCUT2D eigenvalue weighted by atomic mass is 9.58. The van der Waals surface area contributed by atoms with E-state index in [0.717, 1.165) is 11.8 Å². The molecule has 0 bridgehead atoms. The topological polar surface area (TPSA) is 61.6 Å². The molecule has 8 heteroatoms. The Hall–Kier alpha value is -2.68. The Morgan fingerprint density at radius 3 is 1.70 bits per heavy atom. The predicted molar refractivity (Wildman–Crippen MR) is 148 cm³/mol. The van der Waals surface area contributed by atoms with Crippen LogP contribution in [0.15, 0.2) is 78.9 Å². The summed E-state index contributed by atoms with van der Waals surface area (Å²) in [5, 5.41) is 0. The van der Waals surface area contributed by atoms with Crippen LogP contribution in [-0.2, 0) is 23.0 Å². The number of likely N-dealkylation sites (tertiary alicyclic amines) is 1. The van der Waals surface area contributed by atoms with Gasteiger partial charge in [-0.3, -0.25) is 0 Å². The molecular formula is C32H36F3NO3S. The molecule has 40 heavy (non-hydrogen) atoms. The number of quaternary nitrogens is 1. The molecule has 1 saturated heterocycles. The Labute approximate surface area is 235 Å². The van der Waals surface area contributed by atoms with Crippen LogP contribution in [0.1, 0.15) is 78.4 Å². The van der Waals surface area contributed by atoms with E-state index in [9.17, 15) is 13.2 Å². The smallest absolute Gasteiger partial charge is 0.485 e. The minimum Gasteiger partial charge on any atom is -0.741 e. The largest absolute Gasteiger partial charge is 0.741 e. The maximum absolute atomic E-state index is 10.7. The molecule has 0 spiro atoms. The van der Waals surface area contributed by atoms with Gasteiger partial charge >= 0.3 is 5.51 Å². The second kappa shape index (κ2) is 11.7. The lowest BCUT2D eigenvalue weighted by Crippen LogP contribution is -3.15. The van der Waals surface area contributed by atoms with E-state index in [0.29, 0.717) is 18.0 Å². The van der Waals surface area contributed by atoms with Crippen LogP contribution in [0.4, 0.5) is 13.2 Å². The lowest BCUT2D eigenvalue weighted by molar-refractivity contribution is -0.978. The van der Waals surface area contributed by atoms with Crippen LogP contribution in [-0.4, -0.2) is 25.0 Å². The zero-order chi connectivity index (χ0) is 28.5. The number of rotatable bonds is 4. The van der Waals surface area contributed by atoms with Crippen LogP contribution < -0.4 is 4.90 Å². The van der Waals surface area contributed by atoms with Crippen LogP contribution in [0.25, 0.3) is 0 Å². The van der Waals surface area contributed by atoms with Crippen LogP contribution >= 0.6 is 0 Å². The van der Waals surface area contributed by atoms with Crippen molar-refractivity contribution in [3.05, 3.63) is 107 Å². The third-order valence-electron chi connectivity index (χ3n) is 9.14. The summed E-state index contributed by atoms with van der Waals surface area (Å²) in [5.74, 6) is 2.15. The molecule has 0 saturated carbocycles. The number of nitrogens with one attached hydrogen (secondary N) is 1. The molecule has 6 rings (SSSR count). The minimum absolute atomic E-state index is 0.615. The van der Waals surface area contributed by atoms with Gasteiger partial charge in [0.25, 0.3) is 0 Å². The number of unbranched alkanes of at least 4 members (excludes halogenated alkanes) is 1. The average molecular weight is 572 g/mol. The molecule has 1 N–H and O–H groups in total. The van der Waals surface area contributed by atoms with Crippen molar-refractivity contribution in [3.8, 4) is 0 Å². The van der Waals surface area contributed by atoms with Crippen molar-refractivity contribution in [2.45, 2.75) is 69.0 Å². The van der Waals surface area contributed by atoms with Gasteiger partial charge in [0.1, 0.15) is 12.1 Å². The first-order valence-electron chi connectivity index (χ1n) is 14.2. The first-order valence-corrected chi connectivity index (χ1v) is 15.6. The molecule has 0 aromatic heterocycles. The zero-order valence-corrected chi connectivity index (χ0v) is 23.4. The monoisotopic (exact) mass is 571 g/mol. The SMILES string of the molecule is CCCC[NH+]1C2c3ccccc3CCC2C(c2ccccc2)C2CCc3ccccc3C21.O=S(=O)([O-])C(F)(F)F. The van der Waals surface area contributed by atoms with E-state index in [1.54, 1.807) is 27.8 Å². The highest BCUT2D eigenvalue weighted by molar-refractivity contribution is 7.86. The fraction of sp³-hybridized carbons (Fsp3) is 0.438. The van der Waals surface area contributed by atoms with Crippen LogP contribution in [0.2, 0.25) is 0 Å². The molecule has 1 fully saturated rings. The third kappa shape index (κ3) is 5.58. The molecule has 3 aromatic carbocycles. The van der Waals surface area contributed by atoms with Gasteiger partial charge in [-0.05, 0) is 48.8 Å². The highest BCUT2D eigenvalue weighted by atomic mass is 32.2. The van der Waals surface area contributed by atoms with E-state index in [1.807, 2.05) is 4.90 Å². The molecular weight excluding hydrogens is 535 g/mol. The first-order chi connectivity index (χ1) is 19.1. The number of piperidine rings is 1. The van der Waals surface area contributed by atoms with Crippen molar-refractivity contribution in [2.75, 3.05) is 6.54 Å². The standard InChI is InChI=1S/C31H35N.CHF3O3S/c1-2-3-21-32-30-25-15-9-7-11-22(25)17-19-27(30)29(24-13-5-4-6-14-24)28-20-18-23-12-8-10-16-26(23)31(28)32;2-1(3,4)8(5,6)7/h4-16,27-31H,2-3,17-21H2,1H3;(H,5,6,7). The fourth-order valence-corrected chi connectivity index (χ4v) is 7.67. The van der Waals surface area contributed by atoms with Gasteiger partial charge in [0.05, 0.1) is 6.54 Å².